The molecule has 0 radical (unpaired) electrons. The lowest BCUT2D eigenvalue weighted by molar-refractivity contribution is -0.485. The standard InChI is InChI=1S/C15HF29O/c16-1(2(17)4(20,21)22)3(18,19)5(23,24)6(25,26)7(27,28)8(29,30)9(31,32)10(33,34)11(35,36)12(37,38)13(39,40)14(41,42)15(43,44)45/h45H. The number of rotatable bonds is 12. The summed E-state index contributed by atoms with van der Waals surface area (Å²) in [6.45, 7) is 0. The highest BCUT2D eigenvalue weighted by molar-refractivity contribution is 5.24. The number of aliphatic hydroxyl groups is 1. The third-order valence-corrected chi connectivity index (χ3v) is 5.04. The van der Waals surface area contributed by atoms with Crippen LogP contribution in [0.1, 0.15) is 0 Å². The first-order valence-electron chi connectivity index (χ1n) is 9.20. The van der Waals surface area contributed by atoms with E-state index in [0.717, 1.165) is 0 Å². The van der Waals surface area contributed by atoms with E-state index in [0.29, 0.717) is 0 Å². The van der Waals surface area contributed by atoms with Gasteiger partial charge in [-0.2, -0.15) is 123 Å². The van der Waals surface area contributed by atoms with Gasteiger partial charge >= 0.3 is 77.4 Å². The molecule has 0 unspecified atom stereocenters. The average Bonchev–Trinajstić information content (AvgIpc) is 2.80. The minimum atomic E-state index is -9.88. The SMILES string of the molecule is OC(F)(F)C(F)(F)C(F)(F)C(F)(F)C(F)(F)C(F)(F)C(F)(F)C(F)(F)C(F)(F)C(F)(F)C(F)(F)C(F)(F)C(F)=C(F)C(F)(F)F. The van der Waals surface area contributed by atoms with E-state index in [-0.39, 0.29) is 0 Å². The second kappa shape index (κ2) is 10.3. The Morgan fingerprint density at radius 2 is 0.444 bits per heavy atom. The molecule has 0 aliphatic heterocycles. The fourth-order valence-electron chi connectivity index (χ4n) is 2.36. The Hall–Kier alpha value is -2.33. The molecule has 0 fully saturated rings. The summed E-state index contributed by atoms with van der Waals surface area (Å²) >= 11 is 0. The zero-order valence-electron chi connectivity index (χ0n) is 18.9. The lowest BCUT2D eigenvalue weighted by Gasteiger charge is -2.45. The predicted molar refractivity (Wildman–Crippen MR) is 76.9 cm³/mol. The highest BCUT2D eigenvalue weighted by atomic mass is 19.4. The first-order valence-corrected chi connectivity index (χ1v) is 9.20. The van der Waals surface area contributed by atoms with Crippen molar-refractivity contribution in [3.8, 4) is 0 Å². The molecule has 0 rings (SSSR count). The average molecular weight is 748 g/mol. The smallest absolute Gasteiger partial charge is 0.331 e. The molecule has 0 bridgehead atoms. The van der Waals surface area contributed by atoms with Crippen molar-refractivity contribution in [2.24, 2.45) is 0 Å². The van der Waals surface area contributed by atoms with Crippen LogP contribution in [0.25, 0.3) is 0 Å². The third kappa shape index (κ3) is 5.17. The molecule has 0 aliphatic carbocycles. The van der Waals surface area contributed by atoms with E-state index in [1.165, 1.54) is 0 Å². The van der Waals surface area contributed by atoms with Gasteiger partial charge in [-0.15, -0.1) is 0 Å². The summed E-state index contributed by atoms with van der Waals surface area (Å²) in [5, 5.41) is 7.43. The van der Waals surface area contributed by atoms with Gasteiger partial charge in [-0.1, -0.05) is 0 Å². The maximum Gasteiger partial charge on any atom is 0.445 e. The maximum absolute atomic E-state index is 13.6. The molecule has 0 aliphatic rings. The second-order valence-corrected chi connectivity index (χ2v) is 7.99. The van der Waals surface area contributed by atoms with E-state index >= 15 is 0 Å². The van der Waals surface area contributed by atoms with Crippen LogP contribution in [-0.2, 0) is 0 Å². The van der Waals surface area contributed by atoms with Gasteiger partial charge in [0.05, 0.1) is 0 Å². The van der Waals surface area contributed by atoms with Crippen LogP contribution in [0.5, 0.6) is 0 Å². The van der Waals surface area contributed by atoms with Gasteiger partial charge < -0.3 is 5.11 Å². The number of alkyl halides is 27. The first-order chi connectivity index (χ1) is 18.8. The van der Waals surface area contributed by atoms with Gasteiger partial charge in [-0.05, 0) is 0 Å². The van der Waals surface area contributed by atoms with Crippen LogP contribution in [0.3, 0.4) is 0 Å². The van der Waals surface area contributed by atoms with Crippen molar-refractivity contribution in [3.63, 3.8) is 0 Å². The maximum atomic E-state index is 13.6. The van der Waals surface area contributed by atoms with Gasteiger partial charge in [0.25, 0.3) is 0 Å². The van der Waals surface area contributed by atoms with E-state index in [4.69, 9.17) is 5.11 Å². The molecule has 0 saturated carbocycles. The summed E-state index contributed by atoms with van der Waals surface area (Å²) < 4.78 is 380. The molecule has 45 heavy (non-hydrogen) atoms. The fraction of sp³-hybridized carbons (Fsp3) is 0.867. The zero-order chi connectivity index (χ0) is 37.7. The van der Waals surface area contributed by atoms with Crippen molar-refractivity contribution in [2.45, 2.75) is 77.4 Å². The number of hydrogen-bond donors (Lipinski definition) is 1. The van der Waals surface area contributed by atoms with E-state index in [2.05, 4.69) is 0 Å². The first kappa shape index (κ1) is 42.7. The van der Waals surface area contributed by atoms with Crippen molar-refractivity contribution in [1.29, 1.82) is 0 Å². The molecule has 0 amide bonds. The lowest BCUT2D eigenvalue weighted by atomic mass is 9.84. The molecule has 0 atom stereocenters. The number of halogens is 29. The zero-order valence-corrected chi connectivity index (χ0v) is 18.9. The molecule has 0 saturated heterocycles. The van der Waals surface area contributed by atoms with Crippen LogP contribution in [0.15, 0.2) is 11.7 Å². The predicted octanol–water partition coefficient (Wildman–Crippen LogP) is 9.27. The highest BCUT2D eigenvalue weighted by Gasteiger charge is 2.99. The van der Waals surface area contributed by atoms with Crippen LogP contribution in [-0.4, -0.2) is 82.5 Å². The van der Waals surface area contributed by atoms with Crippen molar-refractivity contribution in [1.82, 2.24) is 0 Å². The van der Waals surface area contributed by atoms with Crippen molar-refractivity contribution in [3.05, 3.63) is 11.7 Å². The largest absolute Gasteiger partial charge is 0.445 e. The van der Waals surface area contributed by atoms with Crippen LogP contribution in [0.2, 0.25) is 0 Å². The molecule has 0 aromatic heterocycles. The molecule has 1 nitrogen and oxygen atoms in total. The summed E-state index contributed by atoms with van der Waals surface area (Å²) in [6, 6.07) is 0. The van der Waals surface area contributed by atoms with Crippen LogP contribution in [0.4, 0.5) is 127 Å². The van der Waals surface area contributed by atoms with Crippen LogP contribution in [0, 0.1) is 0 Å². The Morgan fingerprint density at radius 1 is 0.267 bits per heavy atom. The Balaban J connectivity index is 7.53. The second-order valence-electron chi connectivity index (χ2n) is 7.99. The van der Waals surface area contributed by atoms with Gasteiger partial charge in [-0.25, -0.2) is 4.39 Å². The topological polar surface area (TPSA) is 20.2 Å². The molecule has 0 heterocycles. The van der Waals surface area contributed by atoms with E-state index < -0.39 is 89.1 Å². The monoisotopic (exact) mass is 748 g/mol. The van der Waals surface area contributed by atoms with Crippen molar-refractivity contribution in [2.75, 3.05) is 0 Å². The summed E-state index contributed by atoms with van der Waals surface area (Å²) in [4.78, 5) is 0. The number of allylic oxidation sites excluding steroid dienone is 2. The lowest BCUT2D eigenvalue weighted by Crippen LogP contribution is -2.78. The third-order valence-electron chi connectivity index (χ3n) is 5.04. The fourth-order valence-corrected chi connectivity index (χ4v) is 2.36. The van der Waals surface area contributed by atoms with Crippen LogP contribution >= 0.6 is 0 Å². The molecule has 270 valence electrons. The van der Waals surface area contributed by atoms with Gasteiger partial charge in [-0.3, -0.25) is 0 Å². The Bertz CT molecular complexity index is 1130. The molecular weight excluding hydrogens is 747 g/mol. The molecular formula is C15HF29O. The Morgan fingerprint density at radius 3 is 0.622 bits per heavy atom. The van der Waals surface area contributed by atoms with Crippen molar-refractivity contribution < 1.29 is 132 Å². The minimum Gasteiger partial charge on any atom is -0.331 e. The summed E-state index contributed by atoms with van der Waals surface area (Å²) in [5.74, 6) is -115. The Kier molecular flexibility index (Phi) is 9.80. The highest BCUT2D eigenvalue weighted by Crippen LogP contribution is 2.68. The van der Waals surface area contributed by atoms with Crippen molar-refractivity contribution >= 4 is 0 Å². The molecule has 0 aromatic rings. The number of hydrogen-bond acceptors (Lipinski definition) is 1. The van der Waals surface area contributed by atoms with E-state index in [9.17, 15) is 127 Å². The normalized spacial score (nSPS) is 17.5. The van der Waals surface area contributed by atoms with E-state index in [1.807, 2.05) is 0 Å². The Labute approximate surface area is 223 Å². The van der Waals surface area contributed by atoms with Gasteiger partial charge in [0, 0.05) is 0 Å². The van der Waals surface area contributed by atoms with Crippen LogP contribution < -0.4 is 0 Å². The van der Waals surface area contributed by atoms with Gasteiger partial charge in [0.1, 0.15) is 0 Å². The molecule has 30 heteroatoms. The molecule has 0 spiro atoms. The summed E-state index contributed by atoms with van der Waals surface area (Å²) in [6.07, 6.45) is -15.1. The summed E-state index contributed by atoms with van der Waals surface area (Å²) in [5.41, 5.74) is 0. The molecule has 0 aromatic carbocycles. The van der Waals surface area contributed by atoms with E-state index in [1.54, 1.807) is 0 Å². The van der Waals surface area contributed by atoms with Gasteiger partial charge in [0.15, 0.2) is 0 Å². The van der Waals surface area contributed by atoms with Gasteiger partial charge in [0.2, 0.25) is 11.7 Å². The quantitative estimate of drug-likeness (QED) is 0.198. The summed E-state index contributed by atoms with van der Waals surface area (Å²) in [7, 11) is 0. The minimum absolute atomic E-state index is 5.29. The molecule has 1 N–H and O–H groups in total.